The fraction of sp³-hybridized carbons (Fsp3) is 0.200. The highest BCUT2D eigenvalue weighted by Crippen LogP contribution is 2.28. The van der Waals surface area contributed by atoms with Crippen LogP contribution in [0.4, 0.5) is 8.78 Å². The van der Waals surface area contributed by atoms with Crippen LogP contribution in [0.5, 0.6) is 5.75 Å². The van der Waals surface area contributed by atoms with Gasteiger partial charge in [-0.05, 0) is 36.2 Å². The maximum atomic E-state index is 14.1. The summed E-state index contributed by atoms with van der Waals surface area (Å²) in [6.45, 7) is 1.82. The van der Waals surface area contributed by atoms with Crippen LogP contribution in [0.2, 0.25) is 0 Å². The molecule has 5 heteroatoms. The van der Waals surface area contributed by atoms with Crippen LogP contribution >= 0.6 is 0 Å². The van der Waals surface area contributed by atoms with Crippen molar-refractivity contribution in [3.8, 4) is 5.75 Å². The van der Waals surface area contributed by atoms with Gasteiger partial charge in [0.25, 0.3) is 0 Å². The Labute approximate surface area is 116 Å². The van der Waals surface area contributed by atoms with Crippen LogP contribution in [0, 0.1) is 18.6 Å². The SMILES string of the molecule is COc1ccc(C(NN)c2cc(F)ccc2C)c(F)c1. The first-order valence-corrected chi connectivity index (χ1v) is 6.12. The van der Waals surface area contributed by atoms with Crippen LogP contribution in [-0.2, 0) is 0 Å². The topological polar surface area (TPSA) is 47.3 Å². The molecular weight excluding hydrogens is 262 g/mol. The van der Waals surface area contributed by atoms with Crippen molar-refractivity contribution in [1.29, 1.82) is 0 Å². The van der Waals surface area contributed by atoms with Crippen molar-refractivity contribution >= 4 is 0 Å². The number of aryl methyl sites for hydroxylation is 1. The van der Waals surface area contributed by atoms with E-state index in [0.29, 0.717) is 16.9 Å². The molecule has 3 N–H and O–H groups in total. The lowest BCUT2D eigenvalue weighted by Crippen LogP contribution is -2.30. The predicted octanol–water partition coefficient (Wildman–Crippen LogP) is 2.83. The van der Waals surface area contributed by atoms with Gasteiger partial charge in [0.1, 0.15) is 17.4 Å². The summed E-state index contributed by atoms with van der Waals surface area (Å²) in [7, 11) is 1.46. The zero-order valence-electron chi connectivity index (χ0n) is 11.3. The summed E-state index contributed by atoms with van der Waals surface area (Å²) in [6, 6.07) is 8.20. The normalized spacial score (nSPS) is 12.2. The third-order valence-electron chi connectivity index (χ3n) is 3.24. The molecular formula is C15H16F2N2O. The maximum Gasteiger partial charge on any atom is 0.132 e. The van der Waals surface area contributed by atoms with E-state index in [4.69, 9.17) is 10.6 Å². The zero-order chi connectivity index (χ0) is 14.7. The van der Waals surface area contributed by atoms with Crippen molar-refractivity contribution in [2.75, 3.05) is 7.11 Å². The van der Waals surface area contributed by atoms with Gasteiger partial charge in [0.2, 0.25) is 0 Å². The second-order valence-electron chi connectivity index (χ2n) is 4.49. The summed E-state index contributed by atoms with van der Waals surface area (Å²) in [6.07, 6.45) is 0. The Hall–Kier alpha value is -1.98. The van der Waals surface area contributed by atoms with Gasteiger partial charge < -0.3 is 4.74 Å². The molecule has 0 saturated carbocycles. The number of ether oxygens (including phenoxy) is 1. The maximum absolute atomic E-state index is 14.1. The molecule has 0 aliphatic rings. The third-order valence-corrected chi connectivity index (χ3v) is 3.24. The fourth-order valence-electron chi connectivity index (χ4n) is 2.14. The lowest BCUT2D eigenvalue weighted by molar-refractivity contribution is 0.410. The molecule has 106 valence electrons. The van der Waals surface area contributed by atoms with Gasteiger partial charge in [0.05, 0.1) is 13.2 Å². The van der Waals surface area contributed by atoms with Crippen molar-refractivity contribution in [3.63, 3.8) is 0 Å². The highest BCUT2D eigenvalue weighted by Gasteiger charge is 2.19. The Morgan fingerprint density at radius 1 is 1.10 bits per heavy atom. The molecule has 0 amide bonds. The van der Waals surface area contributed by atoms with Crippen molar-refractivity contribution in [3.05, 3.63) is 64.7 Å². The van der Waals surface area contributed by atoms with E-state index in [1.807, 2.05) is 6.92 Å². The molecule has 0 bridgehead atoms. The lowest BCUT2D eigenvalue weighted by Gasteiger charge is -2.20. The molecule has 0 fully saturated rings. The quantitative estimate of drug-likeness (QED) is 0.668. The first-order valence-electron chi connectivity index (χ1n) is 6.12. The van der Waals surface area contributed by atoms with E-state index in [-0.39, 0.29) is 5.82 Å². The molecule has 0 radical (unpaired) electrons. The summed E-state index contributed by atoms with van der Waals surface area (Å²) in [5.41, 5.74) is 4.29. The van der Waals surface area contributed by atoms with E-state index < -0.39 is 11.9 Å². The minimum Gasteiger partial charge on any atom is -0.497 e. The average Bonchev–Trinajstić information content (AvgIpc) is 2.44. The van der Waals surface area contributed by atoms with Gasteiger partial charge in [0, 0.05) is 11.6 Å². The lowest BCUT2D eigenvalue weighted by atomic mass is 9.95. The monoisotopic (exact) mass is 278 g/mol. The molecule has 2 aromatic carbocycles. The summed E-state index contributed by atoms with van der Waals surface area (Å²) in [5, 5.41) is 0. The first-order chi connectivity index (χ1) is 9.56. The molecule has 0 spiro atoms. The standard InChI is InChI=1S/C15H16F2N2O/c1-9-3-4-10(16)7-13(9)15(19-18)12-6-5-11(20-2)8-14(12)17/h3-8,15,19H,18H2,1-2H3. The van der Waals surface area contributed by atoms with E-state index in [1.165, 1.54) is 25.3 Å². The Morgan fingerprint density at radius 3 is 2.45 bits per heavy atom. The van der Waals surface area contributed by atoms with Crippen LogP contribution in [0.3, 0.4) is 0 Å². The van der Waals surface area contributed by atoms with E-state index in [2.05, 4.69) is 5.43 Å². The molecule has 0 aliphatic heterocycles. The largest absolute Gasteiger partial charge is 0.497 e. The Balaban J connectivity index is 2.49. The summed E-state index contributed by atoms with van der Waals surface area (Å²) in [5.74, 6) is 5.09. The minimum atomic E-state index is -0.628. The summed E-state index contributed by atoms with van der Waals surface area (Å²) in [4.78, 5) is 0. The fourth-order valence-corrected chi connectivity index (χ4v) is 2.14. The van der Waals surface area contributed by atoms with Gasteiger partial charge in [-0.1, -0.05) is 12.1 Å². The smallest absolute Gasteiger partial charge is 0.132 e. The Kier molecular flexibility index (Phi) is 4.32. The average molecular weight is 278 g/mol. The number of nitrogens with two attached hydrogens (primary N) is 1. The van der Waals surface area contributed by atoms with E-state index in [9.17, 15) is 8.78 Å². The van der Waals surface area contributed by atoms with Crippen molar-refractivity contribution in [2.45, 2.75) is 13.0 Å². The number of hydrogen-bond acceptors (Lipinski definition) is 3. The molecule has 0 heterocycles. The van der Waals surface area contributed by atoms with Crippen molar-refractivity contribution in [1.82, 2.24) is 5.43 Å². The molecule has 3 nitrogen and oxygen atoms in total. The van der Waals surface area contributed by atoms with Crippen LogP contribution < -0.4 is 16.0 Å². The molecule has 2 aromatic rings. The number of halogens is 2. The minimum absolute atomic E-state index is 0.335. The highest BCUT2D eigenvalue weighted by atomic mass is 19.1. The zero-order valence-corrected chi connectivity index (χ0v) is 11.3. The number of methoxy groups -OCH3 is 1. The first kappa shape index (κ1) is 14.4. The van der Waals surface area contributed by atoms with Crippen LogP contribution in [0.1, 0.15) is 22.7 Å². The number of hydrogen-bond donors (Lipinski definition) is 2. The summed E-state index contributed by atoms with van der Waals surface area (Å²) >= 11 is 0. The van der Waals surface area contributed by atoms with Gasteiger partial charge in [-0.2, -0.15) is 0 Å². The van der Waals surface area contributed by atoms with E-state index in [0.717, 1.165) is 5.56 Å². The van der Waals surface area contributed by atoms with Crippen molar-refractivity contribution in [2.24, 2.45) is 5.84 Å². The second-order valence-corrected chi connectivity index (χ2v) is 4.49. The predicted molar refractivity (Wildman–Crippen MR) is 73.3 cm³/mol. The van der Waals surface area contributed by atoms with Gasteiger partial charge >= 0.3 is 0 Å². The van der Waals surface area contributed by atoms with E-state index in [1.54, 1.807) is 18.2 Å². The molecule has 2 rings (SSSR count). The molecule has 0 saturated heterocycles. The van der Waals surface area contributed by atoms with Gasteiger partial charge in [-0.15, -0.1) is 0 Å². The number of nitrogens with one attached hydrogen (secondary N) is 1. The number of rotatable bonds is 4. The van der Waals surface area contributed by atoms with E-state index >= 15 is 0 Å². The number of hydrazine groups is 1. The molecule has 20 heavy (non-hydrogen) atoms. The van der Waals surface area contributed by atoms with Crippen LogP contribution in [0.25, 0.3) is 0 Å². The molecule has 0 aromatic heterocycles. The van der Waals surface area contributed by atoms with Gasteiger partial charge in [-0.3, -0.25) is 5.84 Å². The second kappa shape index (κ2) is 5.98. The Bertz CT molecular complexity index is 617. The summed E-state index contributed by atoms with van der Waals surface area (Å²) < 4.78 is 32.5. The van der Waals surface area contributed by atoms with Crippen LogP contribution in [0.15, 0.2) is 36.4 Å². The van der Waals surface area contributed by atoms with Gasteiger partial charge in [0.15, 0.2) is 0 Å². The third kappa shape index (κ3) is 2.79. The van der Waals surface area contributed by atoms with Gasteiger partial charge in [-0.25, -0.2) is 14.2 Å². The molecule has 0 aliphatic carbocycles. The van der Waals surface area contributed by atoms with Crippen LogP contribution in [-0.4, -0.2) is 7.11 Å². The molecule has 1 unspecified atom stereocenters. The number of benzene rings is 2. The Morgan fingerprint density at radius 2 is 1.85 bits per heavy atom. The van der Waals surface area contributed by atoms with Crippen molar-refractivity contribution < 1.29 is 13.5 Å². The highest BCUT2D eigenvalue weighted by molar-refractivity contribution is 5.40. The molecule has 1 atom stereocenters.